The number of carbonyl (C=O) groups is 2. The quantitative estimate of drug-likeness (QED) is 0.806. The summed E-state index contributed by atoms with van der Waals surface area (Å²) in [6.07, 6.45) is 7.32. The lowest BCUT2D eigenvalue weighted by Crippen LogP contribution is -2.57. The summed E-state index contributed by atoms with van der Waals surface area (Å²) in [5.41, 5.74) is 0.979. The Balaban J connectivity index is 1.70. The molecular formula is C21H30O4. The Bertz CT molecular complexity index is 638. The van der Waals surface area contributed by atoms with Crippen molar-refractivity contribution in [3.63, 3.8) is 0 Å². The second-order valence-corrected chi connectivity index (χ2v) is 9.42. The fraction of sp³-hybridized carbons (Fsp3) is 0.810. The summed E-state index contributed by atoms with van der Waals surface area (Å²) in [6.45, 7) is 4.03. The van der Waals surface area contributed by atoms with E-state index in [1.807, 2.05) is 6.08 Å². The van der Waals surface area contributed by atoms with E-state index in [1.54, 1.807) is 0 Å². The second kappa shape index (κ2) is 5.75. The fourth-order valence-electron chi connectivity index (χ4n) is 7.33. The van der Waals surface area contributed by atoms with Crippen molar-refractivity contribution in [1.82, 2.24) is 0 Å². The van der Waals surface area contributed by atoms with Gasteiger partial charge in [-0.2, -0.15) is 0 Å². The van der Waals surface area contributed by atoms with E-state index in [-0.39, 0.29) is 40.8 Å². The number of aliphatic hydroxyl groups is 2. The minimum Gasteiger partial charge on any atom is -0.393 e. The van der Waals surface area contributed by atoms with Crippen LogP contribution in [-0.2, 0) is 9.59 Å². The number of Topliss-reactive ketones (excluding diaryl/α,β-unsaturated/α-hetero) is 1. The zero-order valence-electron chi connectivity index (χ0n) is 15.3. The molecule has 0 radical (unpaired) electrons. The van der Waals surface area contributed by atoms with Crippen molar-refractivity contribution in [2.24, 2.45) is 34.5 Å². The van der Waals surface area contributed by atoms with E-state index in [4.69, 9.17) is 0 Å². The number of rotatable bonds is 2. The van der Waals surface area contributed by atoms with Crippen LogP contribution in [0.5, 0.6) is 0 Å². The predicted molar refractivity (Wildman–Crippen MR) is 93.7 cm³/mol. The standard InChI is InChI=1S/C21H30O4/c1-20-8-7-13(23)9-12(20)3-4-14-15-5-6-16(18(25)11-22)21(15,2)10-17(24)19(14)20/h9,14-17,19,22,24H,3-8,10-11H2,1-2H3/t14-,15+,16+,17-,19+,20-,21-/m0/s1. The van der Waals surface area contributed by atoms with Crippen molar-refractivity contribution in [1.29, 1.82) is 0 Å². The summed E-state index contributed by atoms with van der Waals surface area (Å²) >= 11 is 0. The van der Waals surface area contributed by atoms with Gasteiger partial charge in [0.05, 0.1) is 6.10 Å². The van der Waals surface area contributed by atoms with Crippen LogP contribution in [0.25, 0.3) is 0 Å². The van der Waals surface area contributed by atoms with Crippen LogP contribution in [0.4, 0.5) is 0 Å². The molecule has 0 aromatic carbocycles. The molecule has 0 aromatic heterocycles. The summed E-state index contributed by atoms with van der Waals surface area (Å²) in [5, 5.41) is 20.5. The molecule has 4 heteroatoms. The maximum atomic E-state index is 12.3. The van der Waals surface area contributed by atoms with Gasteiger partial charge in [0, 0.05) is 12.3 Å². The molecule has 3 fully saturated rings. The van der Waals surface area contributed by atoms with Gasteiger partial charge in [-0.05, 0) is 73.2 Å². The van der Waals surface area contributed by atoms with Gasteiger partial charge in [-0.25, -0.2) is 0 Å². The summed E-state index contributed by atoms with van der Waals surface area (Å²) < 4.78 is 0. The Hall–Kier alpha value is -1.00. The molecule has 25 heavy (non-hydrogen) atoms. The van der Waals surface area contributed by atoms with Gasteiger partial charge >= 0.3 is 0 Å². The normalized spacial score (nSPS) is 49.0. The maximum absolute atomic E-state index is 12.3. The van der Waals surface area contributed by atoms with Crippen molar-refractivity contribution in [2.75, 3.05) is 6.61 Å². The van der Waals surface area contributed by atoms with E-state index in [1.165, 1.54) is 5.57 Å². The third kappa shape index (κ3) is 2.33. The number of hydrogen-bond acceptors (Lipinski definition) is 4. The number of aliphatic hydroxyl groups excluding tert-OH is 2. The lowest BCUT2D eigenvalue weighted by atomic mass is 9.46. The third-order valence-corrected chi connectivity index (χ3v) is 8.44. The molecule has 4 rings (SSSR count). The molecule has 4 nitrogen and oxygen atoms in total. The fourth-order valence-corrected chi connectivity index (χ4v) is 7.33. The number of hydrogen-bond donors (Lipinski definition) is 2. The zero-order chi connectivity index (χ0) is 18.0. The lowest BCUT2D eigenvalue weighted by molar-refractivity contribution is -0.146. The average molecular weight is 346 g/mol. The zero-order valence-corrected chi connectivity index (χ0v) is 15.3. The van der Waals surface area contributed by atoms with Gasteiger partial charge in [0.2, 0.25) is 0 Å². The molecule has 0 spiro atoms. The SMILES string of the molecule is C[C@]12C[C@H](O)[C@H]3[C@@H](CCC4=CC(=O)CC[C@@]43C)[C@H]1CC[C@@H]2C(=O)CO. The molecular weight excluding hydrogens is 316 g/mol. The predicted octanol–water partition coefficient (Wildman–Crippen LogP) is 2.67. The van der Waals surface area contributed by atoms with E-state index in [9.17, 15) is 19.8 Å². The van der Waals surface area contributed by atoms with Gasteiger partial charge in [-0.1, -0.05) is 19.4 Å². The molecule has 0 saturated heterocycles. The molecule has 0 aliphatic heterocycles. The Morgan fingerprint density at radius 1 is 1.24 bits per heavy atom. The molecule has 0 unspecified atom stereocenters. The van der Waals surface area contributed by atoms with E-state index >= 15 is 0 Å². The van der Waals surface area contributed by atoms with Crippen molar-refractivity contribution in [2.45, 2.75) is 64.9 Å². The molecule has 3 saturated carbocycles. The molecule has 0 aromatic rings. The Morgan fingerprint density at radius 3 is 2.72 bits per heavy atom. The van der Waals surface area contributed by atoms with Crippen LogP contribution in [-0.4, -0.2) is 34.5 Å². The summed E-state index contributed by atoms with van der Waals surface area (Å²) in [7, 11) is 0. The Kier molecular flexibility index (Phi) is 4.01. The maximum Gasteiger partial charge on any atom is 0.161 e. The van der Waals surface area contributed by atoms with Crippen molar-refractivity contribution in [3.8, 4) is 0 Å². The number of fused-ring (bicyclic) bond motifs is 5. The summed E-state index contributed by atoms with van der Waals surface area (Å²) in [6, 6.07) is 0. The highest BCUT2D eigenvalue weighted by Gasteiger charge is 2.62. The van der Waals surface area contributed by atoms with Crippen LogP contribution < -0.4 is 0 Å². The molecule has 4 aliphatic carbocycles. The molecule has 2 N–H and O–H groups in total. The number of ketones is 2. The van der Waals surface area contributed by atoms with E-state index < -0.39 is 6.10 Å². The summed E-state index contributed by atoms with van der Waals surface area (Å²) in [5.74, 6) is 1.12. The topological polar surface area (TPSA) is 74.6 Å². The first-order valence-corrected chi connectivity index (χ1v) is 9.87. The van der Waals surface area contributed by atoms with Crippen molar-refractivity contribution < 1.29 is 19.8 Å². The highest BCUT2D eigenvalue weighted by molar-refractivity contribution is 5.91. The van der Waals surface area contributed by atoms with E-state index in [0.29, 0.717) is 24.7 Å². The van der Waals surface area contributed by atoms with Gasteiger partial charge < -0.3 is 10.2 Å². The molecule has 0 heterocycles. The van der Waals surface area contributed by atoms with Crippen molar-refractivity contribution in [3.05, 3.63) is 11.6 Å². The van der Waals surface area contributed by atoms with Crippen LogP contribution in [0.2, 0.25) is 0 Å². The van der Waals surface area contributed by atoms with Gasteiger partial charge in [0.25, 0.3) is 0 Å². The Morgan fingerprint density at radius 2 is 2.00 bits per heavy atom. The van der Waals surface area contributed by atoms with E-state index in [0.717, 1.165) is 32.1 Å². The van der Waals surface area contributed by atoms with Crippen LogP contribution >= 0.6 is 0 Å². The monoisotopic (exact) mass is 346 g/mol. The molecule has 138 valence electrons. The van der Waals surface area contributed by atoms with Crippen LogP contribution in [0, 0.1) is 34.5 Å². The molecule has 0 bridgehead atoms. The van der Waals surface area contributed by atoms with Gasteiger partial charge in [-0.3, -0.25) is 9.59 Å². The van der Waals surface area contributed by atoms with Crippen LogP contribution in [0.3, 0.4) is 0 Å². The van der Waals surface area contributed by atoms with E-state index in [2.05, 4.69) is 13.8 Å². The van der Waals surface area contributed by atoms with Crippen LogP contribution in [0.15, 0.2) is 11.6 Å². The number of allylic oxidation sites excluding steroid dienone is 1. The Labute approximate surface area is 149 Å². The average Bonchev–Trinajstić information content (AvgIpc) is 2.91. The van der Waals surface area contributed by atoms with Gasteiger partial charge in [0.1, 0.15) is 6.61 Å². The van der Waals surface area contributed by atoms with Crippen LogP contribution in [0.1, 0.15) is 58.8 Å². The largest absolute Gasteiger partial charge is 0.393 e. The third-order valence-electron chi connectivity index (χ3n) is 8.44. The number of carbonyl (C=O) groups excluding carboxylic acids is 2. The highest BCUT2D eigenvalue weighted by atomic mass is 16.3. The lowest BCUT2D eigenvalue weighted by Gasteiger charge is -2.59. The minimum absolute atomic E-state index is 0.0541. The smallest absolute Gasteiger partial charge is 0.161 e. The first-order chi connectivity index (χ1) is 11.8. The summed E-state index contributed by atoms with van der Waals surface area (Å²) in [4.78, 5) is 24.2. The van der Waals surface area contributed by atoms with Crippen molar-refractivity contribution >= 4 is 11.6 Å². The molecule has 4 aliphatic rings. The van der Waals surface area contributed by atoms with Gasteiger partial charge in [-0.15, -0.1) is 0 Å². The van der Waals surface area contributed by atoms with Gasteiger partial charge in [0.15, 0.2) is 11.6 Å². The molecule has 0 amide bonds. The molecule has 7 atom stereocenters. The minimum atomic E-state index is -0.430. The highest BCUT2D eigenvalue weighted by Crippen LogP contribution is 2.66. The second-order valence-electron chi connectivity index (χ2n) is 9.42. The first-order valence-electron chi connectivity index (χ1n) is 9.87. The first kappa shape index (κ1) is 17.4.